The number of pyridine rings is 1. The number of aromatic nitrogens is 2. The van der Waals surface area contributed by atoms with Crippen LogP contribution in [-0.2, 0) is 6.42 Å². The monoisotopic (exact) mass is 204 g/mol. The highest BCUT2D eigenvalue weighted by Gasteiger charge is 2.02. The number of rotatable bonds is 1. The minimum atomic E-state index is 1.08. The SMILES string of the molecule is CC.CCc1cc(C)c2nc(C)cn2c1. The lowest BCUT2D eigenvalue weighted by Crippen LogP contribution is -1.91. The second-order valence-electron chi connectivity index (χ2n) is 3.50. The van der Waals surface area contributed by atoms with Crippen molar-refractivity contribution in [3.63, 3.8) is 0 Å². The van der Waals surface area contributed by atoms with Gasteiger partial charge < -0.3 is 4.40 Å². The van der Waals surface area contributed by atoms with Gasteiger partial charge >= 0.3 is 0 Å². The van der Waals surface area contributed by atoms with Crippen LogP contribution in [0.2, 0.25) is 0 Å². The normalized spacial score (nSPS) is 9.93. The summed E-state index contributed by atoms with van der Waals surface area (Å²) >= 11 is 0. The molecule has 0 spiro atoms. The molecule has 0 unspecified atom stereocenters. The lowest BCUT2D eigenvalue weighted by molar-refractivity contribution is 1.06. The molecule has 82 valence electrons. The van der Waals surface area contributed by atoms with E-state index in [2.05, 4.69) is 41.7 Å². The van der Waals surface area contributed by atoms with E-state index >= 15 is 0 Å². The zero-order valence-electron chi connectivity index (χ0n) is 10.3. The first-order chi connectivity index (χ1) is 7.20. The summed E-state index contributed by atoms with van der Waals surface area (Å²) in [7, 11) is 0. The molecular formula is C13H20N2. The molecule has 0 N–H and O–H groups in total. The lowest BCUT2D eigenvalue weighted by Gasteiger charge is -2.01. The zero-order chi connectivity index (χ0) is 11.4. The summed E-state index contributed by atoms with van der Waals surface area (Å²) < 4.78 is 2.11. The van der Waals surface area contributed by atoms with Crippen molar-refractivity contribution in [3.8, 4) is 0 Å². The Morgan fingerprint density at radius 3 is 2.47 bits per heavy atom. The summed E-state index contributed by atoms with van der Waals surface area (Å²) in [4.78, 5) is 4.45. The van der Waals surface area contributed by atoms with Gasteiger partial charge in [0.05, 0.1) is 5.69 Å². The number of hydrogen-bond donors (Lipinski definition) is 0. The molecule has 0 aliphatic heterocycles. The molecule has 0 fully saturated rings. The van der Waals surface area contributed by atoms with Crippen molar-refractivity contribution in [1.29, 1.82) is 0 Å². The first-order valence-electron chi connectivity index (χ1n) is 5.65. The third kappa shape index (κ3) is 2.38. The molecule has 0 aromatic carbocycles. The maximum absolute atomic E-state index is 4.45. The van der Waals surface area contributed by atoms with Crippen LogP contribution in [0.25, 0.3) is 5.65 Å². The van der Waals surface area contributed by atoms with Gasteiger partial charge in [0, 0.05) is 12.4 Å². The molecular weight excluding hydrogens is 184 g/mol. The van der Waals surface area contributed by atoms with Crippen LogP contribution in [-0.4, -0.2) is 9.38 Å². The van der Waals surface area contributed by atoms with E-state index in [-0.39, 0.29) is 0 Å². The van der Waals surface area contributed by atoms with Crippen molar-refractivity contribution in [2.45, 2.75) is 41.0 Å². The van der Waals surface area contributed by atoms with Crippen molar-refractivity contribution in [2.24, 2.45) is 0 Å². The van der Waals surface area contributed by atoms with Gasteiger partial charge in [-0.1, -0.05) is 26.8 Å². The third-order valence-electron chi connectivity index (χ3n) is 2.32. The predicted octanol–water partition coefficient (Wildman–Crippen LogP) is 3.54. The summed E-state index contributed by atoms with van der Waals surface area (Å²) in [5.74, 6) is 0. The Labute approximate surface area is 92.0 Å². The molecule has 15 heavy (non-hydrogen) atoms. The average molecular weight is 204 g/mol. The molecule has 2 nitrogen and oxygen atoms in total. The van der Waals surface area contributed by atoms with Gasteiger partial charge in [-0.05, 0) is 31.4 Å². The maximum Gasteiger partial charge on any atom is 0.139 e. The van der Waals surface area contributed by atoms with Crippen LogP contribution in [0, 0.1) is 13.8 Å². The van der Waals surface area contributed by atoms with Crippen molar-refractivity contribution >= 4 is 5.65 Å². The number of fused-ring (bicyclic) bond motifs is 1. The van der Waals surface area contributed by atoms with Gasteiger partial charge in [-0.25, -0.2) is 4.98 Å². The molecule has 2 aromatic heterocycles. The fraction of sp³-hybridized carbons (Fsp3) is 0.462. The minimum Gasteiger partial charge on any atom is -0.306 e. The predicted molar refractivity (Wildman–Crippen MR) is 65.4 cm³/mol. The minimum absolute atomic E-state index is 1.08. The molecule has 0 saturated carbocycles. The van der Waals surface area contributed by atoms with E-state index < -0.39 is 0 Å². The first kappa shape index (κ1) is 11.8. The lowest BCUT2D eigenvalue weighted by atomic mass is 10.2. The van der Waals surface area contributed by atoms with Gasteiger partial charge in [0.2, 0.25) is 0 Å². The fourth-order valence-corrected chi connectivity index (χ4v) is 1.66. The van der Waals surface area contributed by atoms with E-state index in [4.69, 9.17) is 0 Å². The van der Waals surface area contributed by atoms with Crippen molar-refractivity contribution < 1.29 is 0 Å². The van der Waals surface area contributed by atoms with Gasteiger partial charge in [0.15, 0.2) is 0 Å². The molecule has 0 amide bonds. The van der Waals surface area contributed by atoms with Crippen molar-refractivity contribution in [1.82, 2.24) is 9.38 Å². The Morgan fingerprint density at radius 2 is 1.87 bits per heavy atom. The largest absolute Gasteiger partial charge is 0.306 e. The topological polar surface area (TPSA) is 17.3 Å². The summed E-state index contributed by atoms with van der Waals surface area (Å²) in [6, 6.07) is 2.21. The summed E-state index contributed by atoms with van der Waals surface area (Å²) in [5.41, 5.74) is 4.78. The zero-order valence-corrected chi connectivity index (χ0v) is 10.3. The smallest absolute Gasteiger partial charge is 0.139 e. The molecule has 0 aliphatic rings. The molecule has 2 aromatic rings. The number of aryl methyl sites for hydroxylation is 3. The standard InChI is InChI=1S/C11H14N2.C2H6/c1-4-10-5-8(2)11-12-9(3)6-13(11)7-10;1-2/h5-7H,4H2,1-3H3;1-2H3. The van der Waals surface area contributed by atoms with E-state index in [1.807, 2.05) is 20.8 Å². The van der Waals surface area contributed by atoms with Crippen molar-refractivity contribution in [2.75, 3.05) is 0 Å². The average Bonchev–Trinajstić information content (AvgIpc) is 2.62. The van der Waals surface area contributed by atoms with Crippen LogP contribution >= 0.6 is 0 Å². The van der Waals surface area contributed by atoms with Gasteiger partial charge in [-0.2, -0.15) is 0 Å². The molecule has 0 saturated heterocycles. The van der Waals surface area contributed by atoms with Crippen LogP contribution in [0.4, 0.5) is 0 Å². The Balaban J connectivity index is 0.000000531. The molecule has 0 atom stereocenters. The summed E-state index contributed by atoms with van der Waals surface area (Å²) in [5, 5.41) is 0. The molecule has 2 heteroatoms. The highest BCUT2D eigenvalue weighted by Crippen LogP contribution is 2.13. The molecule has 0 bridgehead atoms. The van der Waals surface area contributed by atoms with E-state index in [1.165, 1.54) is 11.1 Å². The number of nitrogens with zero attached hydrogens (tertiary/aromatic N) is 2. The van der Waals surface area contributed by atoms with Gasteiger partial charge in [0.1, 0.15) is 5.65 Å². The van der Waals surface area contributed by atoms with Crippen molar-refractivity contribution in [3.05, 3.63) is 35.3 Å². The van der Waals surface area contributed by atoms with Crippen LogP contribution in [0.3, 0.4) is 0 Å². The van der Waals surface area contributed by atoms with E-state index in [9.17, 15) is 0 Å². The van der Waals surface area contributed by atoms with Gasteiger partial charge in [0.25, 0.3) is 0 Å². The van der Waals surface area contributed by atoms with E-state index in [1.54, 1.807) is 0 Å². The molecule has 0 radical (unpaired) electrons. The van der Waals surface area contributed by atoms with E-state index in [0.29, 0.717) is 0 Å². The fourth-order valence-electron chi connectivity index (χ4n) is 1.66. The second-order valence-corrected chi connectivity index (χ2v) is 3.50. The molecule has 2 heterocycles. The van der Waals surface area contributed by atoms with E-state index in [0.717, 1.165) is 17.8 Å². The third-order valence-corrected chi connectivity index (χ3v) is 2.32. The van der Waals surface area contributed by atoms with Crippen LogP contribution < -0.4 is 0 Å². The summed E-state index contributed by atoms with van der Waals surface area (Å²) in [6.07, 6.45) is 5.30. The second kappa shape index (κ2) is 4.96. The Bertz CT molecular complexity index is 441. The Hall–Kier alpha value is -1.31. The highest BCUT2D eigenvalue weighted by atomic mass is 15.0. The number of imidazole rings is 1. The van der Waals surface area contributed by atoms with Gasteiger partial charge in [-0.3, -0.25) is 0 Å². The quantitative estimate of drug-likeness (QED) is 0.694. The van der Waals surface area contributed by atoms with Crippen LogP contribution in [0.15, 0.2) is 18.5 Å². The van der Waals surface area contributed by atoms with Gasteiger partial charge in [-0.15, -0.1) is 0 Å². The summed E-state index contributed by atoms with van der Waals surface area (Å²) in [6.45, 7) is 10.3. The molecule has 0 aliphatic carbocycles. The number of hydrogen-bond acceptors (Lipinski definition) is 1. The van der Waals surface area contributed by atoms with Crippen LogP contribution in [0.5, 0.6) is 0 Å². The van der Waals surface area contributed by atoms with Crippen LogP contribution in [0.1, 0.15) is 37.6 Å². The maximum atomic E-state index is 4.45. The molecule has 2 rings (SSSR count). The highest BCUT2D eigenvalue weighted by molar-refractivity contribution is 5.49. The Morgan fingerprint density at radius 1 is 1.20 bits per heavy atom. The first-order valence-corrected chi connectivity index (χ1v) is 5.65. The Kier molecular flexibility index (Phi) is 3.89.